The molecule has 15 heavy (non-hydrogen) atoms. The first-order chi connectivity index (χ1) is 7.08. The molecule has 0 aliphatic heterocycles. The van der Waals surface area contributed by atoms with Gasteiger partial charge in [0.05, 0.1) is 0 Å². The number of rotatable bonds is 2. The molecule has 1 aliphatic carbocycles. The molecule has 0 amide bonds. The fraction of sp³-hybridized carbons (Fsp3) is 0.545. The lowest BCUT2D eigenvalue weighted by Gasteiger charge is -2.14. The van der Waals surface area contributed by atoms with Crippen molar-refractivity contribution < 1.29 is 9.90 Å². The lowest BCUT2D eigenvalue weighted by Crippen LogP contribution is -2.12. The molecular weight excluding hydrogens is 305 g/mol. The Morgan fingerprint density at radius 1 is 1.60 bits per heavy atom. The monoisotopic (exact) mass is 319 g/mol. The molecule has 0 bridgehead atoms. The van der Waals surface area contributed by atoms with E-state index in [2.05, 4.69) is 29.5 Å². The molecule has 0 spiro atoms. The highest BCUT2D eigenvalue weighted by Crippen LogP contribution is 2.35. The summed E-state index contributed by atoms with van der Waals surface area (Å²) in [6, 6.07) is 2.13. The summed E-state index contributed by atoms with van der Waals surface area (Å²) in [7, 11) is 0. The van der Waals surface area contributed by atoms with Crippen LogP contribution in [0.5, 0.6) is 0 Å². The Kier molecular flexibility index (Phi) is 3.04. The predicted molar refractivity (Wildman–Crippen MR) is 66.2 cm³/mol. The Bertz CT molecular complexity index is 386. The van der Waals surface area contributed by atoms with Crippen molar-refractivity contribution in [3.63, 3.8) is 0 Å². The van der Waals surface area contributed by atoms with E-state index in [1.807, 2.05) is 10.8 Å². The van der Waals surface area contributed by atoms with E-state index in [0.717, 1.165) is 22.3 Å². The Hall–Kier alpha value is -0.520. The third kappa shape index (κ3) is 2.19. The van der Waals surface area contributed by atoms with Crippen molar-refractivity contribution in [2.45, 2.75) is 32.2 Å². The second kappa shape index (κ2) is 4.15. The highest BCUT2D eigenvalue weighted by atomic mass is 127. The van der Waals surface area contributed by atoms with Crippen LogP contribution < -0.4 is 0 Å². The van der Waals surface area contributed by atoms with Crippen molar-refractivity contribution in [2.75, 3.05) is 0 Å². The summed E-state index contributed by atoms with van der Waals surface area (Å²) in [5, 5.41) is 9.08. The zero-order valence-corrected chi connectivity index (χ0v) is 10.8. The Balaban J connectivity index is 2.30. The zero-order chi connectivity index (χ0) is 11.0. The first-order valence-corrected chi connectivity index (χ1v) is 6.26. The molecule has 1 aliphatic rings. The van der Waals surface area contributed by atoms with Crippen LogP contribution in [0.3, 0.4) is 0 Å². The number of nitrogens with zero attached hydrogens (tertiary/aromatic N) is 1. The summed E-state index contributed by atoms with van der Waals surface area (Å²) >= 11 is 2.17. The molecule has 82 valence electrons. The van der Waals surface area contributed by atoms with Gasteiger partial charge in [-0.2, -0.15) is 0 Å². The van der Waals surface area contributed by atoms with Crippen LogP contribution in [0.1, 0.15) is 42.7 Å². The third-order valence-electron chi connectivity index (χ3n) is 3.09. The average Bonchev–Trinajstić information content (AvgIpc) is 2.71. The van der Waals surface area contributed by atoms with Crippen molar-refractivity contribution in [3.8, 4) is 0 Å². The number of aromatic carboxylic acids is 1. The van der Waals surface area contributed by atoms with Crippen LogP contribution in [0, 0.1) is 9.49 Å². The number of carboxylic acids is 1. The molecule has 1 aromatic heterocycles. The molecule has 2 unspecified atom stereocenters. The van der Waals surface area contributed by atoms with Gasteiger partial charge in [0.25, 0.3) is 0 Å². The fourth-order valence-corrected chi connectivity index (χ4v) is 2.94. The lowest BCUT2D eigenvalue weighted by atomic mass is 10.1. The van der Waals surface area contributed by atoms with Gasteiger partial charge in [0.1, 0.15) is 5.69 Å². The quantitative estimate of drug-likeness (QED) is 0.851. The molecule has 4 heteroatoms. The summed E-state index contributed by atoms with van der Waals surface area (Å²) < 4.78 is 2.94. The Morgan fingerprint density at radius 2 is 2.33 bits per heavy atom. The SMILES string of the molecule is CC1CCC(n2cc(I)cc2C(=O)O)C1. The van der Waals surface area contributed by atoms with Gasteiger partial charge in [0.2, 0.25) is 0 Å². The molecule has 0 radical (unpaired) electrons. The topological polar surface area (TPSA) is 42.2 Å². The van der Waals surface area contributed by atoms with Crippen molar-refractivity contribution in [2.24, 2.45) is 5.92 Å². The molecule has 0 aromatic carbocycles. The van der Waals surface area contributed by atoms with Gasteiger partial charge in [-0.25, -0.2) is 4.79 Å². The van der Waals surface area contributed by atoms with Crippen LogP contribution >= 0.6 is 22.6 Å². The van der Waals surface area contributed by atoms with Crippen molar-refractivity contribution in [1.29, 1.82) is 0 Å². The van der Waals surface area contributed by atoms with E-state index in [1.165, 1.54) is 6.42 Å². The van der Waals surface area contributed by atoms with Gasteiger partial charge in [0.15, 0.2) is 0 Å². The molecule has 1 fully saturated rings. The molecule has 1 aromatic rings. The van der Waals surface area contributed by atoms with Crippen LogP contribution in [0.25, 0.3) is 0 Å². The second-order valence-corrected chi connectivity index (χ2v) is 5.57. The number of halogens is 1. The standard InChI is InChI=1S/C11H14INO2/c1-7-2-3-9(4-7)13-6-8(12)5-10(13)11(14)15/h5-7,9H,2-4H2,1H3,(H,14,15). The minimum Gasteiger partial charge on any atom is -0.477 e. The van der Waals surface area contributed by atoms with Crippen LogP contribution in [0.2, 0.25) is 0 Å². The highest BCUT2D eigenvalue weighted by molar-refractivity contribution is 14.1. The minimum atomic E-state index is -0.822. The van der Waals surface area contributed by atoms with Crippen LogP contribution in [-0.2, 0) is 0 Å². The third-order valence-corrected chi connectivity index (χ3v) is 3.68. The number of hydrogen-bond acceptors (Lipinski definition) is 1. The first kappa shape index (κ1) is 11.0. The smallest absolute Gasteiger partial charge is 0.352 e. The van der Waals surface area contributed by atoms with Crippen LogP contribution in [0.4, 0.5) is 0 Å². The van der Waals surface area contributed by atoms with Gasteiger partial charge in [0, 0.05) is 15.8 Å². The Morgan fingerprint density at radius 3 is 2.87 bits per heavy atom. The molecule has 1 heterocycles. The van der Waals surface area contributed by atoms with Crippen molar-refractivity contribution >= 4 is 28.6 Å². The van der Waals surface area contributed by atoms with E-state index >= 15 is 0 Å². The van der Waals surface area contributed by atoms with Crippen molar-refractivity contribution in [3.05, 3.63) is 21.5 Å². The van der Waals surface area contributed by atoms with Gasteiger partial charge in [-0.15, -0.1) is 0 Å². The summed E-state index contributed by atoms with van der Waals surface area (Å²) in [5.41, 5.74) is 0.429. The molecule has 1 N–H and O–H groups in total. The number of carbonyl (C=O) groups is 1. The van der Waals surface area contributed by atoms with E-state index in [4.69, 9.17) is 5.11 Å². The molecule has 1 saturated carbocycles. The first-order valence-electron chi connectivity index (χ1n) is 5.18. The highest BCUT2D eigenvalue weighted by Gasteiger charge is 2.25. The fourth-order valence-electron chi connectivity index (χ4n) is 2.35. The van der Waals surface area contributed by atoms with Gasteiger partial charge in [-0.05, 0) is 53.8 Å². The van der Waals surface area contributed by atoms with Gasteiger partial charge in [-0.1, -0.05) is 6.92 Å². The van der Waals surface area contributed by atoms with Gasteiger partial charge < -0.3 is 9.67 Å². The van der Waals surface area contributed by atoms with E-state index in [1.54, 1.807) is 6.07 Å². The van der Waals surface area contributed by atoms with Gasteiger partial charge >= 0.3 is 5.97 Å². The lowest BCUT2D eigenvalue weighted by molar-refractivity contribution is 0.0682. The maximum Gasteiger partial charge on any atom is 0.352 e. The summed E-state index contributed by atoms with van der Waals surface area (Å²) in [6.07, 6.45) is 5.36. The summed E-state index contributed by atoms with van der Waals surface area (Å²) in [5.74, 6) is -0.103. The van der Waals surface area contributed by atoms with Crippen molar-refractivity contribution in [1.82, 2.24) is 4.57 Å². The Labute approximate surface area is 103 Å². The van der Waals surface area contributed by atoms with E-state index < -0.39 is 5.97 Å². The van der Waals surface area contributed by atoms with Crippen LogP contribution in [-0.4, -0.2) is 15.6 Å². The normalized spacial score (nSPS) is 25.7. The summed E-state index contributed by atoms with van der Waals surface area (Å²) in [4.78, 5) is 11.0. The minimum absolute atomic E-state index is 0.384. The molecule has 2 atom stereocenters. The van der Waals surface area contributed by atoms with E-state index in [-0.39, 0.29) is 0 Å². The average molecular weight is 319 g/mol. The molecule has 3 nitrogen and oxygen atoms in total. The maximum atomic E-state index is 11.0. The molecule has 2 rings (SSSR count). The second-order valence-electron chi connectivity index (χ2n) is 4.33. The number of carboxylic acid groups (broad SMARTS) is 1. The van der Waals surface area contributed by atoms with E-state index in [0.29, 0.717) is 11.7 Å². The van der Waals surface area contributed by atoms with Gasteiger partial charge in [-0.3, -0.25) is 0 Å². The van der Waals surface area contributed by atoms with Crippen LogP contribution in [0.15, 0.2) is 12.3 Å². The summed E-state index contributed by atoms with van der Waals surface area (Å²) in [6.45, 7) is 2.23. The molecule has 0 saturated heterocycles. The molecular formula is C11H14INO2. The number of hydrogen-bond donors (Lipinski definition) is 1. The number of aromatic nitrogens is 1. The maximum absolute atomic E-state index is 11.0. The predicted octanol–water partition coefficient (Wildman–Crippen LogP) is 3.15. The largest absolute Gasteiger partial charge is 0.477 e. The van der Waals surface area contributed by atoms with E-state index in [9.17, 15) is 4.79 Å². The zero-order valence-electron chi connectivity index (χ0n) is 8.61.